The molecular formula is C12H14ClN3O. The summed E-state index contributed by atoms with van der Waals surface area (Å²) >= 11 is 6.08. The van der Waals surface area contributed by atoms with E-state index in [2.05, 4.69) is 10.4 Å². The Bertz CT molecular complexity index is 510. The van der Waals surface area contributed by atoms with E-state index in [1.54, 1.807) is 17.9 Å². The lowest BCUT2D eigenvalue weighted by atomic mass is 10.3. The summed E-state index contributed by atoms with van der Waals surface area (Å²) in [5.41, 5.74) is 1.81. The molecule has 4 nitrogen and oxygen atoms in total. The van der Waals surface area contributed by atoms with Gasteiger partial charge in [-0.1, -0.05) is 11.6 Å². The Morgan fingerprint density at radius 2 is 2.24 bits per heavy atom. The average molecular weight is 252 g/mol. The van der Waals surface area contributed by atoms with Crippen LogP contribution in [0.2, 0.25) is 5.02 Å². The zero-order chi connectivity index (χ0) is 12.3. The van der Waals surface area contributed by atoms with Crippen LogP contribution < -0.4 is 10.1 Å². The third-order valence-corrected chi connectivity index (χ3v) is 2.73. The molecule has 2 rings (SSSR count). The number of ether oxygens (including phenoxy) is 1. The van der Waals surface area contributed by atoms with Gasteiger partial charge in [-0.25, -0.2) is 0 Å². The highest BCUT2D eigenvalue weighted by atomic mass is 35.5. The van der Waals surface area contributed by atoms with Crippen molar-refractivity contribution in [1.29, 1.82) is 0 Å². The fraction of sp³-hybridized carbons (Fsp3) is 0.250. The fourth-order valence-corrected chi connectivity index (χ4v) is 1.69. The maximum atomic E-state index is 6.08. The van der Waals surface area contributed by atoms with Gasteiger partial charge < -0.3 is 10.1 Å². The molecule has 0 aliphatic heterocycles. The zero-order valence-corrected chi connectivity index (χ0v) is 10.5. The molecule has 17 heavy (non-hydrogen) atoms. The molecule has 5 heteroatoms. The fourth-order valence-electron chi connectivity index (χ4n) is 1.51. The number of hydrogen-bond acceptors (Lipinski definition) is 3. The Balaban J connectivity index is 2.07. The minimum Gasteiger partial charge on any atom is -0.497 e. The van der Waals surface area contributed by atoms with Crippen molar-refractivity contribution in [3.8, 4) is 5.75 Å². The summed E-state index contributed by atoms with van der Waals surface area (Å²) in [6.07, 6.45) is 1.91. The Morgan fingerprint density at radius 1 is 1.41 bits per heavy atom. The summed E-state index contributed by atoms with van der Waals surface area (Å²) in [5.74, 6) is 0.776. The second kappa shape index (κ2) is 5.10. The monoisotopic (exact) mass is 251 g/mol. The molecule has 0 saturated carbocycles. The predicted molar refractivity (Wildman–Crippen MR) is 68.5 cm³/mol. The van der Waals surface area contributed by atoms with Gasteiger partial charge in [-0.3, -0.25) is 4.68 Å². The molecular weight excluding hydrogens is 238 g/mol. The summed E-state index contributed by atoms with van der Waals surface area (Å²) in [7, 11) is 3.52. The normalized spacial score (nSPS) is 10.3. The number of anilines is 1. The molecule has 1 aromatic carbocycles. The number of methoxy groups -OCH3 is 1. The van der Waals surface area contributed by atoms with E-state index in [-0.39, 0.29) is 0 Å². The van der Waals surface area contributed by atoms with Crippen molar-refractivity contribution in [1.82, 2.24) is 9.78 Å². The van der Waals surface area contributed by atoms with Crippen LogP contribution in [0, 0.1) is 0 Å². The Morgan fingerprint density at radius 3 is 2.88 bits per heavy atom. The van der Waals surface area contributed by atoms with Crippen LogP contribution in [0.4, 0.5) is 5.69 Å². The van der Waals surface area contributed by atoms with Crippen LogP contribution in [-0.4, -0.2) is 16.9 Å². The number of aryl methyl sites for hydroxylation is 1. The van der Waals surface area contributed by atoms with Gasteiger partial charge in [0.2, 0.25) is 0 Å². The van der Waals surface area contributed by atoms with Crippen LogP contribution in [-0.2, 0) is 13.6 Å². The van der Waals surface area contributed by atoms with E-state index < -0.39 is 0 Å². The van der Waals surface area contributed by atoms with Crippen LogP contribution in [0.1, 0.15) is 5.69 Å². The van der Waals surface area contributed by atoms with E-state index in [1.165, 1.54) is 0 Å². The molecule has 1 aromatic heterocycles. The zero-order valence-electron chi connectivity index (χ0n) is 9.77. The van der Waals surface area contributed by atoms with Gasteiger partial charge in [0, 0.05) is 19.3 Å². The van der Waals surface area contributed by atoms with Crippen molar-refractivity contribution in [2.75, 3.05) is 12.4 Å². The van der Waals surface area contributed by atoms with Crippen molar-refractivity contribution in [3.63, 3.8) is 0 Å². The molecule has 0 fully saturated rings. The van der Waals surface area contributed by atoms with Gasteiger partial charge in [0.1, 0.15) is 5.75 Å². The number of aromatic nitrogens is 2. The van der Waals surface area contributed by atoms with E-state index in [1.807, 2.05) is 31.4 Å². The van der Waals surface area contributed by atoms with Gasteiger partial charge in [0.05, 0.1) is 30.1 Å². The molecule has 0 aliphatic rings. The number of hydrogen-bond donors (Lipinski definition) is 1. The minimum atomic E-state index is 0.633. The van der Waals surface area contributed by atoms with Crippen LogP contribution in [0.5, 0.6) is 5.75 Å². The minimum absolute atomic E-state index is 0.633. The topological polar surface area (TPSA) is 39.1 Å². The largest absolute Gasteiger partial charge is 0.497 e. The second-order valence-corrected chi connectivity index (χ2v) is 4.09. The van der Waals surface area contributed by atoms with Gasteiger partial charge >= 0.3 is 0 Å². The van der Waals surface area contributed by atoms with Crippen LogP contribution in [0.25, 0.3) is 0 Å². The second-order valence-electron chi connectivity index (χ2n) is 3.68. The number of nitrogens with one attached hydrogen (secondary N) is 1. The molecule has 0 unspecified atom stereocenters. The highest BCUT2D eigenvalue weighted by Crippen LogP contribution is 2.26. The first-order valence-electron chi connectivity index (χ1n) is 5.25. The molecule has 0 radical (unpaired) electrons. The lowest BCUT2D eigenvalue weighted by molar-refractivity contribution is 0.415. The Hall–Kier alpha value is -1.68. The van der Waals surface area contributed by atoms with Gasteiger partial charge in [0.25, 0.3) is 0 Å². The molecule has 0 saturated heterocycles. The quantitative estimate of drug-likeness (QED) is 0.908. The molecule has 1 N–H and O–H groups in total. The van der Waals surface area contributed by atoms with Crippen molar-refractivity contribution in [3.05, 3.63) is 41.2 Å². The summed E-state index contributed by atoms with van der Waals surface area (Å²) in [6, 6.07) is 7.46. The lowest BCUT2D eigenvalue weighted by Gasteiger charge is -2.08. The number of halogens is 1. The maximum Gasteiger partial charge on any atom is 0.121 e. The number of rotatable bonds is 4. The SMILES string of the molecule is COc1ccc(Cl)c(NCc2ccn(C)n2)c1. The van der Waals surface area contributed by atoms with Gasteiger partial charge in [-0.05, 0) is 18.2 Å². The smallest absolute Gasteiger partial charge is 0.121 e. The molecule has 90 valence electrons. The lowest BCUT2D eigenvalue weighted by Crippen LogP contribution is -2.02. The first-order chi connectivity index (χ1) is 8.19. The van der Waals surface area contributed by atoms with Crippen LogP contribution in [0.3, 0.4) is 0 Å². The molecule has 0 bridgehead atoms. The molecule has 1 heterocycles. The van der Waals surface area contributed by atoms with E-state index in [0.717, 1.165) is 17.1 Å². The highest BCUT2D eigenvalue weighted by molar-refractivity contribution is 6.33. The average Bonchev–Trinajstić information content (AvgIpc) is 2.74. The van der Waals surface area contributed by atoms with E-state index in [0.29, 0.717) is 11.6 Å². The van der Waals surface area contributed by atoms with Gasteiger partial charge in [0.15, 0.2) is 0 Å². The van der Waals surface area contributed by atoms with E-state index >= 15 is 0 Å². The number of nitrogens with zero attached hydrogens (tertiary/aromatic N) is 2. The summed E-state index contributed by atoms with van der Waals surface area (Å²) in [5, 5.41) is 8.18. The van der Waals surface area contributed by atoms with Crippen molar-refractivity contribution < 1.29 is 4.74 Å². The standard InChI is InChI=1S/C12H14ClN3O/c1-16-6-5-9(15-16)8-14-12-7-10(17-2)3-4-11(12)13/h3-7,14H,8H2,1-2H3. The first-order valence-corrected chi connectivity index (χ1v) is 5.63. The van der Waals surface area contributed by atoms with Crippen LogP contribution >= 0.6 is 11.6 Å². The molecule has 0 atom stereocenters. The van der Waals surface area contributed by atoms with Crippen molar-refractivity contribution in [2.24, 2.45) is 7.05 Å². The summed E-state index contributed by atoms with van der Waals surface area (Å²) < 4.78 is 6.92. The van der Waals surface area contributed by atoms with Gasteiger partial charge in [-0.2, -0.15) is 5.10 Å². The Kier molecular flexibility index (Phi) is 3.54. The van der Waals surface area contributed by atoms with E-state index in [9.17, 15) is 0 Å². The van der Waals surface area contributed by atoms with E-state index in [4.69, 9.17) is 16.3 Å². The maximum absolute atomic E-state index is 6.08. The molecule has 0 amide bonds. The predicted octanol–water partition coefficient (Wildman–Crippen LogP) is 2.69. The highest BCUT2D eigenvalue weighted by Gasteiger charge is 2.03. The molecule has 0 aliphatic carbocycles. The van der Waals surface area contributed by atoms with Crippen molar-refractivity contribution in [2.45, 2.75) is 6.54 Å². The third-order valence-electron chi connectivity index (χ3n) is 2.40. The first kappa shape index (κ1) is 11.8. The Labute approximate surface area is 105 Å². The molecule has 2 aromatic rings. The summed E-state index contributed by atoms with van der Waals surface area (Å²) in [6.45, 7) is 0.633. The van der Waals surface area contributed by atoms with Gasteiger partial charge in [-0.15, -0.1) is 0 Å². The summed E-state index contributed by atoms with van der Waals surface area (Å²) in [4.78, 5) is 0. The van der Waals surface area contributed by atoms with Crippen molar-refractivity contribution >= 4 is 17.3 Å². The molecule has 0 spiro atoms. The third kappa shape index (κ3) is 2.91. The number of benzene rings is 1. The van der Waals surface area contributed by atoms with Crippen LogP contribution in [0.15, 0.2) is 30.5 Å².